The molecular formula is C17H22BrN3. The first-order valence-corrected chi connectivity index (χ1v) is 8.44. The molecule has 1 unspecified atom stereocenters. The van der Waals surface area contributed by atoms with Crippen LogP contribution >= 0.6 is 15.9 Å². The van der Waals surface area contributed by atoms with E-state index >= 15 is 0 Å². The molecule has 112 valence electrons. The first-order chi connectivity index (χ1) is 10.2. The number of nitrogens with zero attached hydrogens (tertiary/aromatic N) is 2. The predicted octanol–water partition coefficient (Wildman–Crippen LogP) is 3.96. The molecule has 1 aromatic heterocycles. The highest BCUT2D eigenvalue weighted by molar-refractivity contribution is 9.10. The summed E-state index contributed by atoms with van der Waals surface area (Å²) in [6.45, 7) is 3.13. The smallest absolute Gasteiger partial charge is 0.0701 e. The average Bonchev–Trinajstić information content (AvgIpc) is 2.77. The van der Waals surface area contributed by atoms with E-state index in [4.69, 9.17) is 0 Å². The van der Waals surface area contributed by atoms with Gasteiger partial charge < -0.3 is 5.32 Å². The van der Waals surface area contributed by atoms with Crippen LogP contribution in [-0.2, 0) is 12.5 Å². The summed E-state index contributed by atoms with van der Waals surface area (Å²) in [6, 6.07) is 11.2. The Morgan fingerprint density at radius 1 is 1.33 bits per heavy atom. The second-order valence-corrected chi connectivity index (χ2v) is 6.72. The van der Waals surface area contributed by atoms with E-state index in [9.17, 15) is 0 Å². The molecule has 0 aliphatic heterocycles. The zero-order valence-electron chi connectivity index (χ0n) is 12.6. The van der Waals surface area contributed by atoms with Gasteiger partial charge in [-0.15, -0.1) is 0 Å². The average molecular weight is 348 g/mol. The van der Waals surface area contributed by atoms with Gasteiger partial charge in [0.05, 0.1) is 22.4 Å². The summed E-state index contributed by atoms with van der Waals surface area (Å²) in [5.74, 6) is 0. The van der Waals surface area contributed by atoms with Crippen LogP contribution in [0, 0.1) is 0 Å². The number of rotatable bonds is 5. The Morgan fingerprint density at radius 2 is 2.05 bits per heavy atom. The largest absolute Gasteiger partial charge is 0.308 e. The van der Waals surface area contributed by atoms with Crippen molar-refractivity contribution >= 4 is 15.9 Å². The van der Waals surface area contributed by atoms with E-state index in [1.165, 1.54) is 30.5 Å². The SMILES string of the molecule is CCNC(c1c(Br)cnn1C)C1(c2ccccc2)CCC1. The molecule has 1 aromatic carbocycles. The van der Waals surface area contributed by atoms with Gasteiger partial charge in [0.1, 0.15) is 0 Å². The van der Waals surface area contributed by atoms with Crippen LogP contribution in [0.25, 0.3) is 0 Å². The Morgan fingerprint density at radius 3 is 2.52 bits per heavy atom. The predicted molar refractivity (Wildman–Crippen MR) is 89.3 cm³/mol. The quantitative estimate of drug-likeness (QED) is 0.887. The number of aromatic nitrogens is 2. The number of benzene rings is 1. The van der Waals surface area contributed by atoms with E-state index in [1.54, 1.807) is 0 Å². The molecule has 1 fully saturated rings. The highest BCUT2D eigenvalue weighted by Gasteiger charge is 2.47. The van der Waals surface area contributed by atoms with Gasteiger partial charge in [-0.2, -0.15) is 5.10 Å². The molecule has 4 heteroatoms. The fraction of sp³-hybridized carbons (Fsp3) is 0.471. The zero-order valence-corrected chi connectivity index (χ0v) is 14.2. The molecule has 2 aromatic rings. The molecule has 0 amide bonds. The first-order valence-electron chi connectivity index (χ1n) is 7.65. The summed E-state index contributed by atoms with van der Waals surface area (Å²) < 4.78 is 3.10. The van der Waals surface area contributed by atoms with Gasteiger partial charge in [0.15, 0.2) is 0 Å². The van der Waals surface area contributed by atoms with Gasteiger partial charge in [-0.3, -0.25) is 4.68 Å². The number of hydrogen-bond donors (Lipinski definition) is 1. The Labute approximate surface area is 134 Å². The molecule has 0 spiro atoms. The molecule has 1 saturated carbocycles. The van der Waals surface area contributed by atoms with Gasteiger partial charge in [-0.25, -0.2) is 0 Å². The lowest BCUT2D eigenvalue weighted by molar-refractivity contribution is 0.164. The molecular weight excluding hydrogens is 326 g/mol. The van der Waals surface area contributed by atoms with Crippen LogP contribution < -0.4 is 5.32 Å². The lowest BCUT2D eigenvalue weighted by Crippen LogP contribution is -2.47. The molecule has 3 rings (SSSR count). The summed E-state index contributed by atoms with van der Waals surface area (Å²) in [5, 5.41) is 8.13. The topological polar surface area (TPSA) is 29.9 Å². The molecule has 3 nitrogen and oxygen atoms in total. The van der Waals surface area contributed by atoms with Gasteiger partial charge in [0, 0.05) is 12.5 Å². The lowest BCUT2D eigenvalue weighted by atomic mass is 9.59. The molecule has 1 aliphatic carbocycles. The third-order valence-corrected chi connectivity index (χ3v) is 5.38. The molecule has 1 N–H and O–H groups in total. The van der Waals surface area contributed by atoms with Crippen LogP contribution in [0.5, 0.6) is 0 Å². The van der Waals surface area contributed by atoms with Crippen molar-refractivity contribution in [2.75, 3.05) is 6.54 Å². The van der Waals surface area contributed by atoms with Crippen molar-refractivity contribution in [1.82, 2.24) is 15.1 Å². The fourth-order valence-corrected chi connectivity index (χ4v) is 4.15. The number of hydrogen-bond acceptors (Lipinski definition) is 2. The molecule has 0 radical (unpaired) electrons. The van der Waals surface area contributed by atoms with Gasteiger partial charge in [0.2, 0.25) is 0 Å². The summed E-state index contributed by atoms with van der Waals surface area (Å²) in [6.07, 6.45) is 5.65. The maximum Gasteiger partial charge on any atom is 0.0701 e. The first kappa shape index (κ1) is 14.8. The fourth-order valence-electron chi connectivity index (χ4n) is 3.57. The Kier molecular flexibility index (Phi) is 4.18. The maximum atomic E-state index is 4.41. The molecule has 21 heavy (non-hydrogen) atoms. The normalized spacial score (nSPS) is 18.2. The van der Waals surface area contributed by atoms with Crippen molar-refractivity contribution in [3.63, 3.8) is 0 Å². The van der Waals surface area contributed by atoms with E-state index in [0.29, 0.717) is 6.04 Å². The Hall–Kier alpha value is -1.13. The highest BCUT2D eigenvalue weighted by atomic mass is 79.9. The lowest BCUT2D eigenvalue weighted by Gasteiger charge is -2.48. The van der Waals surface area contributed by atoms with Crippen LogP contribution in [0.2, 0.25) is 0 Å². The number of aryl methyl sites for hydroxylation is 1. The van der Waals surface area contributed by atoms with Crippen molar-refractivity contribution in [3.05, 3.63) is 52.3 Å². The monoisotopic (exact) mass is 347 g/mol. The van der Waals surface area contributed by atoms with Gasteiger partial charge in [0.25, 0.3) is 0 Å². The van der Waals surface area contributed by atoms with Crippen LogP contribution in [0.15, 0.2) is 41.0 Å². The number of likely N-dealkylation sites (N-methyl/N-ethyl adjacent to an activating group) is 1. The minimum atomic E-state index is 0.188. The molecule has 1 atom stereocenters. The van der Waals surface area contributed by atoms with E-state index in [1.807, 2.05) is 17.9 Å². The van der Waals surface area contributed by atoms with Crippen molar-refractivity contribution < 1.29 is 0 Å². The van der Waals surface area contributed by atoms with E-state index in [2.05, 4.69) is 63.6 Å². The van der Waals surface area contributed by atoms with Gasteiger partial charge in [-0.05, 0) is 40.9 Å². The van der Waals surface area contributed by atoms with Gasteiger partial charge >= 0.3 is 0 Å². The highest BCUT2D eigenvalue weighted by Crippen LogP contribution is 2.52. The van der Waals surface area contributed by atoms with Crippen molar-refractivity contribution in [2.45, 2.75) is 37.6 Å². The summed E-state index contributed by atoms with van der Waals surface area (Å²) in [5.41, 5.74) is 2.88. The maximum absolute atomic E-state index is 4.41. The summed E-state index contributed by atoms with van der Waals surface area (Å²) >= 11 is 3.68. The summed E-state index contributed by atoms with van der Waals surface area (Å²) in [4.78, 5) is 0. The zero-order chi connectivity index (χ0) is 14.9. The Bertz CT molecular complexity index is 582. The third-order valence-electron chi connectivity index (χ3n) is 4.77. The second-order valence-electron chi connectivity index (χ2n) is 5.87. The van der Waals surface area contributed by atoms with Crippen LogP contribution in [0.4, 0.5) is 0 Å². The van der Waals surface area contributed by atoms with E-state index in [0.717, 1.165) is 11.0 Å². The molecule has 0 bridgehead atoms. The Balaban J connectivity index is 2.07. The third kappa shape index (κ3) is 2.44. The second kappa shape index (κ2) is 5.93. The minimum absolute atomic E-state index is 0.188. The van der Waals surface area contributed by atoms with E-state index < -0.39 is 0 Å². The van der Waals surface area contributed by atoms with Gasteiger partial charge in [-0.1, -0.05) is 43.7 Å². The van der Waals surface area contributed by atoms with Crippen LogP contribution in [0.1, 0.15) is 43.5 Å². The molecule has 1 aliphatic rings. The molecule has 1 heterocycles. The van der Waals surface area contributed by atoms with Crippen molar-refractivity contribution in [2.24, 2.45) is 7.05 Å². The van der Waals surface area contributed by atoms with Crippen molar-refractivity contribution in [3.8, 4) is 0 Å². The van der Waals surface area contributed by atoms with Crippen molar-refractivity contribution in [1.29, 1.82) is 0 Å². The minimum Gasteiger partial charge on any atom is -0.308 e. The summed E-state index contributed by atoms with van der Waals surface area (Å²) in [7, 11) is 2.03. The molecule has 0 saturated heterocycles. The number of nitrogens with one attached hydrogen (secondary N) is 1. The van der Waals surface area contributed by atoms with E-state index in [-0.39, 0.29) is 5.41 Å². The van der Waals surface area contributed by atoms with Crippen LogP contribution in [0.3, 0.4) is 0 Å². The van der Waals surface area contributed by atoms with Crippen LogP contribution in [-0.4, -0.2) is 16.3 Å². The standard InChI is InChI=1S/C17H22BrN3/c1-3-19-16(15-14(18)12-20-21(15)2)17(10-7-11-17)13-8-5-4-6-9-13/h4-6,8-9,12,16,19H,3,7,10-11H2,1-2H3. The number of halogens is 1.